The lowest BCUT2D eigenvalue weighted by Gasteiger charge is -2.09. The summed E-state index contributed by atoms with van der Waals surface area (Å²) in [6, 6.07) is 0. The minimum atomic E-state index is 0.896. The summed E-state index contributed by atoms with van der Waals surface area (Å²) in [5.41, 5.74) is 0. The van der Waals surface area contributed by atoms with Gasteiger partial charge in [0.05, 0.1) is 0 Å². The molecule has 0 saturated heterocycles. The van der Waals surface area contributed by atoms with E-state index in [1.807, 2.05) is 0 Å². The topological polar surface area (TPSA) is 0 Å². The first-order chi connectivity index (χ1) is 8.31. The molecule has 0 heteroatoms. The molecule has 1 unspecified atom stereocenters. The van der Waals surface area contributed by atoms with Gasteiger partial charge in [-0.25, -0.2) is 0 Å². The Hall–Kier alpha value is -0.260. The number of rotatable bonds is 12. The zero-order chi connectivity index (χ0) is 12.8. The zero-order valence-corrected chi connectivity index (χ0v) is 11.9. The smallest absolute Gasteiger partial charge is 0.0348 e. The molecule has 17 heavy (non-hydrogen) atoms. The molecule has 2 radical (unpaired) electrons. The fourth-order valence-corrected chi connectivity index (χ4v) is 2.05. The standard InChI is InChI=1S/C17H32/c1-4-6-8-10-12-14-16-17(3)15-13-11-9-7-5-2/h10,12,17H,1-2,4-9,11,13-16H2,3H3. The summed E-state index contributed by atoms with van der Waals surface area (Å²) in [5, 5.41) is 0. The Kier molecular flexibility index (Phi) is 13.6. The first kappa shape index (κ1) is 16.7. The van der Waals surface area contributed by atoms with Crippen molar-refractivity contribution in [2.75, 3.05) is 0 Å². The molecule has 0 fully saturated rings. The lowest BCUT2D eigenvalue weighted by molar-refractivity contribution is 0.461. The van der Waals surface area contributed by atoms with Crippen molar-refractivity contribution in [3.05, 3.63) is 26.0 Å². The van der Waals surface area contributed by atoms with Gasteiger partial charge in [-0.1, -0.05) is 77.9 Å². The van der Waals surface area contributed by atoms with Gasteiger partial charge in [-0.3, -0.25) is 0 Å². The van der Waals surface area contributed by atoms with Crippen LogP contribution in [-0.4, -0.2) is 0 Å². The molecule has 0 amide bonds. The van der Waals surface area contributed by atoms with E-state index in [9.17, 15) is 0 Å². The predicted molar refractivity (Wildman–Crippen MR) is 79.8 cm³/mol. The maximum Gasteiger partial charge on any atom is -0.0348 e. The SMILES string of the molecule is [CH2]CCCC=CCCC(C)CCCCCC[CH2]. The van der Waals surface area contributed by atoms with Crippen molar-refractivity contribution in [2.45, 2.75) is 77.6 Å². The molecular weight excluding hydrogens is 204 g/mol. The van der Waals surface area contributed by atoms with Crippen LogP contribution in [0.4, 0.5) is 0 Å². The van der Waals surface area contributed by atoms with Crippen LogP contribution < -0.4 is 0 Å². The normalized spacial score (nSPS) is 13.4. The van der Waals surface area contributed by atoms with Crippen molar-refractivity contribution >= 4 is 0 Å². The number of allylic oxidation sites excluding steroid dienone is 2. The Morgan fingerprint density at radius 1 is 0.765 bits per heavy atom. The molecule has 1 atom stereocenters. The molecule has 0 aliphatic carbocycles. The van der Waals surface area contributed by atoms with Crippen LogP contribution in [0.2, 0.25) is 0 Å². The van der Waals surface area contributed by atoms with E-state index in [1.54, 1.807) is 0 Å². The molecule has 0 aromatic carbocycles. The Balaban J connectivity index is 3.22. The van der Waals surface area contributed by atoms with E-state index >= 15 is 0 Å². The summed E-state index contributed by atoms with van der Waals surface area (Å²) in [6.45, 7) is 10.1. The van der Waals surface area contributed by atoms with Gasteiger partial charge < -0.3 is 0 Å². The maximum absolute atomic E-state index is 3.88. The summed E-state index contributed by atoms with van der Waals surface area (Å²) in [5.74, 6) is 0.896. The quantitative estimate of drug-likeness (QED) is 0.282. The molecule has 0 saturated carbocycles. The molecule has 0 heterocycles. The van der Waals surface area contributed by atoms with Crippen molar-refractivity contribution < 1.29 is 0 Å². The van der Waals surface area contributed by atoms with Gasteiger partial charge in [0.2, 0.25) is 0 Å². The highest BCUT2D eigenvalue weighted by atomic mass is 14.1. The summed E-state index contributed by atoms with van der Waals surface area (Å²) in [7, 11) is 0. The van der Waals surface area contributed by atoms with E-state index in [1.165, 1.54) is 57.8 Å². The largest absolute Gasteiger partial charge is 0.0885 e. The summed E-state index contributed by atoms with van der Waals surface area (Å²) in [4.78, 5) is 0. The third kappa shape index (κ3) is 13.7. The van der Waals surface area contributed by atoms with Gasteiger partial charge in [0.25, 0.3) is 0 Å². The van der Waals surface area contributed by atoms with Crippen LogP contribution in [0.3, 0.4) is 0 Å². The molecular formula is C17H32. The predicted octanol–water partition coefficient (Wildman–Crippen LogP) is 6.14. The van der Waals surface area contributed by atoms with Crippen molar-refractivity contribution in [1.29, 1.82) is 0 Å². The molecule has 100 valence electrons. The third-order valence-corrected chi connectivity index (χ3v) is 3.31. The Bertz CT molecular complexity index is 157. The van der Waals surface area contributed by atoms with Gasteiger partial charge in [-0.15, -0.1) is 0 Å². The van der Waals surface area contributed by atoms with Gasteiger partial charge in [-0.2, -0.15) is 0 Å². The summed E-state index contributed by atoms with van der Waals surface area (Å²) < 4.78 is 0. The molecule has 0 N–H and O–H groups in total. The molecule has 0 aliphatic rings. The van der Waals surface area contributed by atoms with Crippen LogP contribution in [0.15, 0.2) is 12.2 Å². The summed E-state index contributed by atoms with van der Waals surface area (Å²) >= 11 is 0. The average molecular weight is 236 g/mol. The minimum Gasteiger partial charge on any atom is -0.0885 e. The van der Waals surface area contributed by atoms with Crippen LogP contribution in [-0.2, 0) is 0 Å². The van der Waals surface area contributed by atoms with Gasteiger partial charge in [-0.05, 0) is 31.6 Å². The van der Waals surface area contributed by atoms with E-state index in [0.717, 1.165) is 18.8 Å². The second-order valence-corrected chi connectivity index (χ2v) is 5.21. The van der Waals surface area contributed by atoms with Crippen molar-refractivity contribution in [3.8, 4) is 0 Å². The summed E-state index contributed by atoms with van der Waals surface area (Å²) in [6.07, 6.45) is 18.8. The molecule has 0 nitrogen and oxygen atoms in total. The maximum atomic E-state index is 3.88. The number of hydrogen-bond donors (Lipinski definition) is 0. The molecule has 0 spiro atoms. The molecule has 0 bridgehead atoms. The van der Waals surface area contributed by atoms with Crippen molar-refractivity contribution in [2.24, 2.45) is 5.92 Å². The molecule has 0 aromatic heterocycles. The van der Waals surface area contributed by atoms with Crippen molar-refractivity contribution in [1.82, 2.24) is 0 Å². The van der Waals surface area contributed by atoms with Crippen LogP contribution in [0, 0.1) is 19.8 Å². The van der Waals surface area contributed by atoms with E-state index < -0.39 is 0 Å². The van der Waals surface area contributed by atoms with E-state index in [0.29, 0.717) is 0 Å². The highest BCUT2D eigenvalue weighted by molar-refractivity contribution is 4.82. The van der Waals surface area contributed by atoms with Crippen LogP contribution in [0.1, 0.15) is 77.6 Å². The second-order valence-electron chi connectivity index (χ2n) is 5.21. The Morgan fingerprint density at radius 2 is 1.41 bits per heavy atom. The third-order valence-electron chi connectivity index (χ3n) is 3.31. The van der Waals surface area contributed by atoms with E-state index in [4.69, 9.17) is 0 Å². The monoisotopic (exact) mass is 236 g/mol. The highest BCUT2D eigenvalue weighted by Crippen LogP contribution is 2.16. The zero-order valence-electron chi connectivity index (χ0n) is 11.9. The first-order valence-corrected chi connectivity index (χ1v) is 7.54. The molecule has 0 rings (SSSR count). The van der Waals surface area contributed by atoms with Gasteiger partial charge >= 0.3 is 0 Å². The van der Waals surface area contributed by atoms with Crippen LogP contribution >= 0.6 is 0 Å². The fourth-order valence-electron chi connectivity index (χ4n) is 2.05. The molecule has 0 aromatic rings. The van der Waals surface area contributed by atoms with E-state index in [2.05, 4.69) is 32.9 Å². The van der Waals surface area contributed by atoms with E-state index in [-0.39, 0.29) is 0 Å². The van der Waals surface area contributed by atoms with Gasteiger partial charge in [0, 0.05) is 0 Å². The average Bonchev–Trinajstić information content (AvgIpc) is 2.33. The second kappa shape index (κ2) is 13.8. The van der Waals surface area contributed by atoms with Crippen molar-refractivity contribution in [3.63, 3.8) is 0 Å². The van der Waals surface area contributed by atoms with Crippen LogP contribution in [0.5, 0.6) is 0 Å². The van der Waals surface area contributed by atoms with Gasteiger partial charge in [0.15, 0.2) is 0 Å². The fraction of sp³-hybridized carbons (Fsp3) is 0.765. The number of unbranched alkanes of at least 4 members (excludes halogenated alkanes) is 6. The number of hydrogen-bond acceptors (Lipinski definition) is 0. The van der Waals surface area contributed by atoms with Gasteiger partial charge in [0.1, 0.15) is 0 Å². The highest BCUT2D eigenvalue weighted by Gasteiger charge is 2.00. The Labute approximate surface area is 110 Å². The minimum absolute atomic E-state index is 0.896. The van der Waals surface area contributed by atoms with Crippen LogP contribution in [0.25, 0.3) is 0 Å². The lowest BCUT2D eigenvalue weighted by atomic mass is 9.97. The lowest BCUT2D eigenvalue weighted by Crippen LogP contribution is -1.93. The molecule has 0 aliphatic heterocycles. The Morgan fingerprint density at radius 3 is 2.12 bits per heavy atom. The first-order valence-electron chi connectivity index (χ1n) is 7.54.